The van der Waals surface area contributed by atoms with Gasteiger partial charge in [0.1, 0.15) is 0 Å². The first-order chi connectivity index (χ1) is 9.10. The second-order valence-electron chi connectivity index (χ2n) is 6.23. The first-order valence-corrected chi connectivity index (χ1v) is 7.32. The zero-order valence-electron chi connectivity index (χ0n) is 12.1. The van der Waals surface area contributed by atoms with Crippen LogP contribution in [0, 0.1) is 5.92 Å². The standard InChI is InChI=1S/C13H24N6/c1-4-11-7-14-13(2,10-5-6-10)9-19(11)8-12-15-17-18(3)16-12/h10-11,14H,4-9H2,1-3H3. The van der Waals surface area contributed by atoms with Gasteiger partial charge in [0.25, 0.3) is 0 Å². The van der Waals surface area contributed by atoms with Crippen LogP contribution in [0.5, 0.6) is 0 Å². The fourth-order valence-corrected chi connectivity index (χ4v) is 3.24. The molecule has 2 unspecified atom stereocenters. The highest BCUT2D eigenvalue weighted by atomic mass is 15.6. The highest BCUT2D eigenvalue weighted by molar-refractivity contribution is 5.04. The summed E-state index contributed by atoms with van der Waals surface area (Å²) in [7, 11) is 1.82. The number of tetrazole rings is 1. The summed E-state index contributed by atoms with van der Waals surface area (Å²) < 4.78 is 0. The summed E-state index contributed by atoms with van der Waals surface area (Å²) in [6, 6.07) is 0.579. The van der Waals surface area contributed by atoms with Crippen molar-refractivity contribution in [2.45, 2.75) is 51.2 Å². The van der Waals surface area contributed by atoms with Crippen LogP contribution in [0.15, 0.2) is 0 Å². The summed E-state index contributed by atoms with van der Waals surface area (Å²) in [6.07, 6.45) is 3.91. The maximum absolute atomic E-state index is 4.31. The highest BCUT2D eigenvalue weighted by Crippen LogP contribution is 2.41. The number of aryl methyl sites for hydroxylation is 1. The lowest BCUT2D eigenvalue weighted by Gasteiger charge is -2.46. The van der Waals surface area contributed by atoms with E-state index in [0.29, 0.717) is 6.04 Å². The average Bonchev–Trinajstić information content (AvgIpc) is 3.16. The maximum atomic E-state index is 4.31. The van der Waals surface area contributed by atoms with Crippen LogP contribution in [-0.2, 0) is 13.6 Å². The molecule has 3 rings (SSSR count). The highest BCUT2D eigenvalue weighted by Gasteiger charge is 2.45. The minimum atomic E-state index is 0.272. The molecule has 19 heavy (non-hydrogen) atoms. The zero-order valence-corrected chi connectivity index (χ0v) is 12.1. The minimum absolute atomic E-state index is 0.272. The van der Waals surface area contributed by atoms with Crippen molar-refractivity contribution in [2.75, 3.05) is 13.1 Å². The Morgan fingerprint density at radius 1 is 1.42 bits per heavy atom. The molecule has 0 spiro atoms. The van der Waals surface area contributed by atoms with Crippen LogP contribution >= 0.6 is 0 Å². The molecule has 1 aromatic rings. The molecule has 1 saturated heterocycles. The molecule has 6 nitrogen and oxygen atoms in total. The predicted molar refractivity (Wildman–Crippen MR) is 72.4 cm³/mol. The summed E-state index contributed by atoms with van der Waals surface area (Å²) in [4.78, 5) is 4.07. The Labute approximate surface area is 114 Å². The third-order valence-electron chi connectivity index (χ3n) is 4.63. The summed E-state index contributed by atoms with van der Waals surface area (Å²) >= 11 is 0. The second kappa shape index (κ2) is 4.83. The van der Waals surface area contributed by atoms with Crippen molar-refractivity contribution in [3.63, 3.8) is 0 Å². The SMILES string of the molecule is CCC1CNC(C)(C2CC2)CN1Cc1nnn(C)n1. The summed E-state index contributed by atoms with van der Waals surface area (Å²) in [6.45, 7) is 7.60. The van der Waals surface area contributed by atoms with Gasteiger partial charge in [0.05, 0.1) is 13.6 Å². The van der Waals surface area contributed by atoms with Crippen LogP contribution in [0.1, 0.15) is 38.9 Å². The Balaban J connectivity index is 1.71. The van der Waals surface area contributed by atoms with Gasteiger partial charge in [-0.15, -0.1) is 10.2 Å². The Bertz CT molecular complexity index is 440. The van der Waals surface area contributed by atoms with E-state index in [0.717, 1.165) is 37.8 Å². The first-order valence-electron chi connectivity index (χ1n) is 7.32. The number of rotatable bonds is 4. The third kappa shape index (κ3) is 2.65. The van der Waals surface area contributed by atoms with Crippen LogP contribution in [0.3, 0.4) is 0 Å². The van der Waals surface area contributed by atoms with Crippen molar-refractivity contribution in [3.8, 4) is 0 Å². The molecule has 0 bridgehead atoms. The summed E-state index contributed by atoms with van der Waals surface area (Å²) in [5.41, 5.74) is 0.272. The van der Waals surface area contributed by atoms with Gasteiger partial charge in [-0.2, -0.15) is 4.80 Å². The van der Waals surface area contributed by atoms with Gasteiger partial charge >= 0.3 is 0 Å². The number of hydrogen-bond acceptors (Lipinski definition) is 5. The van der Waals surface area contributed by atoms with E-state index in [-0.39, 0.29) is 5.54 Å². The van der Waals surface area contributed by atoms with E-state index in [1.807, 2.05) is 7.05 Å². The monoisotopic (exact) mass is 264 g/mol. The molecule has 1 aliphatic carbocycles. The van der Waals surface area contributed by atoms with Gasteiger partial charge in [0.2, 0.25) is 0 Å². The van der Waals surface area contributed by atoms with Gasteiger partial charge in [-0.05, 0) is 37.3 Å². The molecule has 0 amide bonds. The van der Waals surface area contributed by atoms with E-state index in [4.69, 9.17) is 0 Å². The lowest BCUT2D eigenvalue weighted by Crippen LogP contribution is -2.63. The lowest BCUT2D eigenvalue weighted by molar-refractivity contribution is 0.0644. The summed E-state index contributed by atoms with van der Waals surface area (Å²) in [5, 5.41) is 16.1. The Kier molecular flexibility index (Phi) is 3.30. The van der Waals surface area contributed by atoms with Crippen molar-refractivity contribution in [2.24, 2.45) is 13.0 Å². The topological polar surface area (TPSA) is 58.9 Å². The normalized spacial score (nSPS) is 32.7. The molecule has 1 aromatic heterocycles. The molecule has 2 heterocycles. The van der Waals surface area contributed by atoms with Crippen LogP contribution in [0.2, 0.25) is 0 Å². The molecule has 0 radical (unpaired) electrons. The molecule has 2 atom stereocenters. The Hall–Kier alpha value is -1.01. The fraction of sp³-hybridized carbons (Fsp3) is 0.923. The van der Waals surface area contributed by atoms with Crippen LogP contribution < -0.4 is 5.32 Å². The van der Waals surface area contributed by atoms with Gasteiger partial charge < -0.3 is 5.32 Å². The van der Waals surface area contributed by atoms with Crippen molar-refractivity contribution >= 4 is 0 Å². The predicted octanol–water partition coefficient (Wildman–Crippen LogP) is 0.563. The van der Waals surface area contributed by atoms with E-state index in [1.165, 1.54) is 12.8 Å². The van der Waals surface area contributed by atoms with Gasteiger partial charge in [0.15, 0.2) is 5.82 Å². The smallest absolute Gasteiger partial charge is 0.188 e. The summed E-state index contributed by atoms with van der Waals surface area (Å²) in [5.74, 6) is 1.68. The number of nitrogens with zero attached hydrogens (tertiary/aromatic N) is 5. The molecule has 2 fully saturated rings. The van der Waals surface area contributed by atoms with E-state index < -0.39 is 0 Å². The third-order valence-corrected chi connectivity index (χ3v) is 4.63. The van der Waals surface area contributed by atoms with E-state index in [9.17, 15) is 0 Å². The molecular weight excluding hydrogens is 240 g/mol. The maximum Gasteiger partial charge on any atom is 0.188 e. The first kappa shape index (κ1) is 13.0. The number of nitrogens with one attached hydrogen (secondary N) is 1. The molecule has 1 saturated carbocycles. The molecule has 2 aliphatic rings. The van der Waals surface area contributed by atoms with E-state index in [1.54, 1.807) is 4.80 Å². The van der Waals surface area contributed by atoms with Gasteiger partial charge in [-0.25, -0.2) is 0 Å². The van der Waals surface area contributed by atoms with Gasteiger partial charge in [-0.1, -0.05) is 6.92 Å². The van der Waals surface area contributed by atoms with E-state index >= 15 is 0 Å². The number of aromatic nitrogens is 4. The number of hydrogen-bond donors (Lipinski definition) is 1. The van der Waals surface area contributed by atoms with Crippen LogP contribution in [0.4, 0.5) is 0 Å². The van der Waals surface area contributed by atoms with Gasteiger partial charge in [-0.3, -0.25) is 4.90 Å². The van der Waals surface area contributed by atoms with Crippen molar-refractivity contribution < 1.29 is 0 Å². The zero-order chi connectivity index (χ0) is 13.5. The van der Waals surface area contributed by atoms with Crippen molar-refractivity contribution in [1.82, 2.24) is 30.4 Å². The number of piperazine rings is 1. The van der Waals surface area contributed by atoms with Gasteiger partial charge in [0, 0.05) is 24.7 Å². The van der Waals surface area contributed by atoms with Crippen LogP contribution in [0.25, 0.3) is 0 Å². The fourth-order valence-electron chi connectivity index (χ4n) is 3.24. The molecule has 0 aromatic carbocycles. The minimum Gasteiger partial charge on any atom is -0.308 e. The Morgan fingerprint density at radius 3 is 2.79 bits per heavy atom. The second-order valence-corrected chi connectivity index (χ2v) is 6.23. The molecule has 6 heteroatoms. The largest absolute Gasteiger partial charge is 0.308 e. The Morgan fingerprint density at radius 2 is 2.21 bits per heavy atom. The molecule has 106 valence electrons. The molecule has 1 aliphatic heterocycles. The quantitative estimate of drug-likeness (QED) is 0.861. The van der Waals surface area contributed by atoms with E-state index in [2.05, 4.69) is 39.5 Å². The molecular formula is C13H24N6. The van der Waals surface area contributed by atoms with Crippen molar-refractivity contribution in [3.05, 3.63) is 5.82 Å². The lowest BCUT2D eigenvalue weighted by atomic mass is 9.90. The molecule has 1 N–H and O–H groups in total. The van der Waals surface area contributed by atoms with Crippen molar-refractivity contribution in [1.29, 1.82) is 0 Å². The average molecular weight is 264 g/mol. The van der Waals surface area contributed by atoms with Crippen LogP contribution in [-0.4, -0.2) is 49.8 Å².